The van der Waals surface area contributed by atoms with Gasteiger partial charge in [0.05, 0.1) is 30.5 Å². The van der Waals surface area contributed by atoms with Crippen molar-refractivity contribution in [1.29, 1.82) is 0 Å². The molecule has 0 spiro atoms. The number of fused-ring (bicyclic) bond motifs is 1. The second-order valence-corrected chi connectivity index (χ2v) is 4.84. The quantitative estimate of drug-likeness (QED) is 0.864. The van der Waals surface area contributed by atoms with Gasteiger partial charge < -0.3 is 10.1 Å². The van der Waals surface area contributed by atoms with Crippen LogP contribution >= 0.6 is 0 Å². The number of nitrogens with one attached hydrogen (secondary N) is 1. The molecular formula is C17H14N2O3. The number of methoxy groups -OCH3 is 1. The normalized spacial score (nSPS) is 15.1. The zero-order chi connectivity index (χ0) is 15.5. The lowest BCUT2D eigenvalue weighted by molar-refractivity contribution is 0.0601. The van der Waals surface area contributed by atoms with Crippen molar-refractivity contribution in [3.63, 3.8) is 0 Å². The Morgan fingerprint density at radius 3 is 2.68 bits per heavy atom. The molecule has 0 unspecified atom stereocenters. The Morgan fingerprint density at radius 1 is 1.14 bits per heavy atom. The summed E-state index contributed by atoms with van der Waals surface area (Å²) in [5.41, 5.74) is 2.23. The van der Waals surface area contributed by atoms with E-state index in [0.29, 0.717) is 22.6 Å². The standard InChI is InChI=1S/C17H14N2O3/c1-22-17(21)12-7-3-5-9-14(12)19-16-10-15(20)11-6-2-4-8-13(11)18-16/h2-9H,10H2,1H3,(H,18,19). The van der Waals surface area contributed by atoms with Gasteiger partial charge in [0.15, 0.2) is 5.78 Å². The molecule has 0 amide bonds. The maximum absolute atomic E-state index is 12.1. The van der Waals surface area contributed by atoms with Crippen molar-refractivity contribution in [2.45, 2.75) is 6.42 Å². The third-order valence-electron chi connectivity index (χ3n) is 3.40. The summed E-state index contributed by atoms with van der Waals surface area (Å²) >= 11 is 0. The summed E-state index contributed by atoms with van der Waals surface area (Å²) in [6.07, 6.45) is 0.173. The summed E-state index contributed by atoms with van der Waals surface area (Å²) < 4.78 is 4.75. The van der Waals surface area contributed by atoms with Crippen LogP contribution in [0.15, 0.2) is 53.5 Å². The Kier molecular flexibility index (Phi) is 3.70. The molecule has 2 aromatic rings. The molecule has 110 valence electrons. The topological polar surface area (TPSA) is 67.8 Å². The highest BCUT2D eigenvalue weighted by Gasteiger charge is 2.21. The Balaban J connectivity index is 1.98. The lowest BCUT2D eigenvalue weighted by Gasteiger charge is -2.18. The predicted octanol–water partition coefficient (Wildman–Crippen LogP) is 3.20. The van der Waals surface area contributed by atoms with Crippen molar-refractivity contribution in [2.75, 3.05) is 12.4 Å². The van der Waals surface area contributed by atoms with Crippen LogP contribution in [0.5, 0.6) is 0 Å². The number of amidine groups is 1. The number of aliphatic imine (C=N–C) groups is 1. The second kappa shape index (κ2) is 5.81. The molecule has 0 saturated heterocycles. The SMILES string of the molecule is COC(=O)c1ccccc1N=C1CC(=O)c2ccccc2N1. The van der Waals surface area contributed by atoms with Gasteiger partial charge in [-0.15, -0.1) is 0 Å². The Morgan fingerprint density at radius 2 is 1.86 bits per heavy atom. The van der Waals surface area contributed by atoms with Crippen molar-refractivity contribution >= 4 is 29.0 Å². The molecule has 5 nitrogen and oxygen atoms in total. The summed E-state index contributed by atoms with van der Waals surface area (Å²) in [6, 6.07) is 14.2. The lowest BCUT2D eigenvalue weighted by atomic mass is 10.0. The van der Waals surface area contributed by atoms with E-state index in [-0.39, 0.29) is 12.2 Å². The number of carbonyl (C=O) groups excluding carboxylic acids is 2. The van der Waals surface area contributed by atoms with Gasteiger partial charge in [0, 0.05) is 5.56 Å². The first-order valence-electron chi connectivity index (χ1n) is 6.83. The fourth-order valence-corrected chi connectivity index (χ4v) is 2.35. The number of ketones is 1. The van der Waals surface area contributed by atoms with E-state index in [2.05, 4.69) is 10.3 Å². The number of hydrogen-bond acceptors (Lipinski definition) is 4. The molecule has 1 heterocycles. The van der Waals surface area contributed by atoms with Gasteiger partial charge in [0.1, 0.15) is 5.84 Å². The molecule has 0 fully saturated rings. The molecule has 0 saturated carbocycles. The number of hydrogen-bond donors (Lipinski definition) is 1. The van der Waals surface area contributed by atoms with E-state index in [4.69, 9.17) is 4.74 Å². The van der Waals surface area contributed by atoms with Crippen LogP contribution < -0.4 is 5.32 Å². The lowest BCUT2D eigenvalue weighted by Crippen LogP contribution is -2.24. The van der Waals surface area contributed by atoms with Gasteiger partial charge in [0.25, 0.3) is 0 Å². The average molecular weight is 294 g/mol. The fourth-order valence-electron chi connectivity index (χ4n) is 2.35. The molecule has 3 rings (SSSR count). The molecule has 0 atom stereocenters. The Bertz CT molecular complexity index is 781. The van der Waals surface area contributed by atoms with E-state index in [1.807, 2.05) is 18.2 Å². The van der Waals surface area contributed by atoms with Crippen molar-refractivity contribution in [3.8, 4) is 0 Å². The van der Waals surface area contributed by atoms with Crippen molar-refractivity contribution in [1.82, 2.24) is 0 Å². The van der Waals surface area contributed by atoms with Crippen LogP contribution in [0.4, 0.5) is 11.4 Å². The van der Waals surface area contributed by atoms with Crippen LogP contribution in [-0.2, 0) is 4.74 Å². The van der Waals surface area contributed by atoms with E-state index in [0.717, 1.165) is 5.69 Å². The predicted molar refractivity (Wildman–Crippen MR) is 83.9 cm³/mol. The van der Waals surface area contributed by atoms with E-state index in [1.54, 1.807) is 30.3 Å². The zero-order valence-electron chi connectivity index (χ0n) is 12.0. The number of benzene rings is 2. The van der Waals surface area contributed by atoms with Crippen LogP contribution in [0.3, 0.4) is 0 Å². The minimum Gasteiger partial charge on any atom is -0.465 e. The van der Waals surface area contributed by atoms with E-state index < -0.39 is 5.97 Å². The first-order valence-corrected chi connectivity index (χ1v) is 6.83. The highest BCUT2D eigenvalue weighted by molar-refractivity contribution is 6.21. The van der Waals surface area contributed by atoms with E-state index in [1.165, 1.54) is 7.11 Å². The van der Waals surface area contributed by atoms with Gasteiger partial charge in [-0.2, -0.15) is 0 Å². The highest BCUT2D eigenvalue weighted by atomic mass is 16.5. The van der Waals surface area contributed by atoms with Crippen molar-refractivity contribution < 1.29 is 14.3 Å². The van der Waals surface area contributed by atoms with E-state index in [9.17, 15) is 9.59 Å². The first kappa shape index (κ1) is 14.0. The number of carbonyl (C=O) groups is 2. The summed E-state index contributed by atoms with van der Waals surface area (Å²) in [4.78, 5) is 28.3. The number of para-hydroxylation sites is 2. The monoisotopic (exact) mass is 294 g/mol. The zero-order valence-corrected chi connectivity index (χ0v) is 12.0. The van der Waals surface area contributed by atoms with Gasteiger partial charge in [-0.1, -0.05) is 24.3 Å². The Hall–Kier alpha value is -2.95. The first-order chi connectivity index (χ1) is 10.7. The number of anilines is 1. The minimum atomic E-state index is -0.456. The maximum Gasteiger partial charge on any atom is 0.340 e. The molecule has 1 aliphatic heterocycles. The molecule has 1 N–H and O–H groups in total. The van der Waals surface area contributed by atoms with Crippen LogP contribution in [0.2, 0.25) is 0 Å². The summed E-state index contributed by atoms with van der Waals surface area (Å²) in [7, 11) is 1.32. The van der Waals surface area contributed by atoms with Gasteiger partial charge in [-0.25, -0.2) is 9.79 Å². The highest BCUT2D eigenvalue weighted by Crippen LogP contribution is 2.25. The third-order valence-corrected chi connectivity index (χ3v) is 3.40. The fraction of sp³-hybridized carbons (Fsp3) is 0.118. The molecule has 0 bridgehead atoms. The molecule has 1 aliphatic rings. The summed E-state index contributed by atoms with van der Waals surface area (Å²) in [5, 5.41) is 3.14. The van der Waals surface area contributed by atoms with Gasteiger partial charge >= 0.3 is 5.97 Å². The molecule has 0 aromatic heterocycles. The molecule has 5 heteroatoms. The number of ether oxygens (including phenoxy) is 1. The second-order valence-electron chi connectivity index (χ2n) is 4.84. The molecular weight excluding hydrogens is 280 g/mol. The van der Waals surface area contributed by atoms with Gasteiger partial charge in [-0.05, 0) is 24.3 Å². The molecule has 0 aliphatic carbocycles. The minimum absolute atomic E-state index is 0.00338. The number of nitrogens with zero attached hydrogens (tertiary/aromatic N) is 1. The number of Topliss-reactive ketones (excluding diaryl/α,β-unsaturated/α-hetero) is 1. The van der Waals surface area contributed by atoms with Crippen LogP contribution in [-0.4, -0.2) is 24.7 Å². The summed E-state index contributed by atoms with van der Waals surface area (Å²) in [6.45, 7) is 0. The number of esters is 1. The molecule has 2 aromatic carbocycles. The number of rotatable bonds is 2. The Labute approximate surface area is 127 Å². The van der Waals surface area contributed by atoms with Crippen LogP contribution in [0.1, 0.15) is 27.1 Å². The third kappa shape index (κ3) is 2.61. The average Bonchev–Trinajstić information content (AvgIpc) is 2.55. The molecule has 22 heavy (non-hydrogen) atoms. The van der Waals surface area contributed by atoms with Crippen molar-refractivity contribution in [3.05, 3.63) is 59.7 Å². The summed E-state index contributed by atoms with van der Waals surface area (Å²) in [5.74, 6) is 0.0613. The van der Waals surface area contributed by atoms with Crippen LogP contribution in [0.25, 0.3) is 0 Å². The smallest absolute Gasteiger partial charge is 0.340 e. The van der Waals surface area contributed by atoms with Gasteiger partial charge in [-0.3, -0.25) is 4.79 Å². The maximum atomic E-state index is 12.1. The van der Waals surface area contributed by atoms with E-state index >= 15 is 0 Å². The van der Waals surface area contributed by atoms with Crippen LogP contribution in [0, 0.1) is 0 Å². The largest absolute Gasteiger partial charge is 0.465 e. The van der Waals surface area contributed by atoms with Crippen molar-refractivity contribution in [2.24, 2.45) is 4.99 Å². The molecule has 0 radical (unpaired) electrons. The van der Waals surface area contributed by atoms with Gasteiger partial charge in [0.2, 0.25) is 0 Å².